The minimum Gasteiger partial charge on any atom is -0.488 e. The van der Waals surface area contributed by atoms with Gasteiger partial charge in [-0.3, -0.25) is 4.79 Å². The molecule has 0 atom stereocenters. The fraction of sp³-hybridized carbons (Fsp3) is 0.304. The van der Waals surface area contributed by atoms with Gasteiger partial charge >= 0.3 is 0 Å². The highest BCUT2D eigenvalue weighted by Gasteiger charge is 2.19. The van der Waals surface area contributed by atoms with E-state index in [0.717, 1.165) is 42.6 Å². The average Bonchev–Trinajstić information content (AvgIpc) is 3.28. The van der Waals surface area contributed by atoms with Crippen molar-refractivity contribution >= 4 is 17.2 Å². The Hall–Kier alpha value is -2.73. The number of piperidine rings is 1. The third-order valence-electron chi connectivity index (χ3n) is 5.27. The van der Waals surface area contributed by atoms with Crippen molar-refractivity contribution < 1.29 is 13.9 Å². The van der Waals surface area contributed by atoms with Crippen LogP contribution in [0.15, 0.2) is 47.3 Å². The largest absolute Gasteiger partial charge is 0.488 e. The Labute approximate surface area is 174 Å². The summed E-state index contributed by atoms with van der Waals surface area (Å²) in [5.74, 6) is 0.367. The van der Waals surface area contributed by atoms with Crippen molar-refractivity contribution in [3.05, 3.63) is 69.8 Å². The summed E-state index contributed by atoms with van der Waals surface area (Å²) >= 11 is 1.46. The lowest BCUT2D eigenvalue weighted by atomic mass is 10.0. The van der Waals surface area contributed by atoms with Gasteiger partial charge in [0.1, 0.15) is 18.2 Å². The fourth-order valence-electron chi connectivity index (χ4n) is 3.60. The molecule has 0 N–H and O–H groups in total. The van der Waals surface area contributed by atoms with Crippen LogP contribution in [0, 0.1) is 12.7 Å². The van der Waals surface area contributed by atoms with Gasteiger partial charge in [-0.25, -0.2) is 9.37 Å². The van der Waals surface area contributed by atoms with Crippen LogP contribution in [-0.2, 0) is 6.61 Å². The monoisotopic (exact) mass is 410 g/mol. The number of ether oxygens (including phenoxy) is 1. The number of thiazole rings is 1. The minimum atomic E-state index is -0.322. The number of likely N-dealkylation sites (tertiary alicyclic amines) is 1. The lowest BCUT2D eigenvalue weighted by Gasteiger charge is -2.27. The van der Waals surface area contributed by atoms with E-state index in [-0.39, 0.29) is 11.7 Å². The van der Waals surface area contributed by atoms with Crippen molar-refractivity contribution in [2.24, 2.45) is 0 Å². The zero-order valence-corrected chi connectivity index (χ0v) is 17.2. The Morgan fingerprint density at radius 2 is 2.00 bits per heavy atom. The number of aromatic nitrogens is 1. The number of carbonyl (C=O) groups is 1. The predicted octanol–water partition coefficient (Wildman–Crippen LogP) is 5.46. The molecule has 2 aromatic carbocycles. The number of carbonyl (C=O) groups excluding carboxylic acids is 1. The third kappa shape index (κ3) is 4.48. The number of aryl methyl sites for hydroxylation is 1. The second kappa shape index (κ2) is 8.74. The van der Waals surface area contributed by atoms with Gasteiger partial charge < -0.3 is 9.64 Å². The van der Waals surface area contributed by atoms with E-state index in [1.807, 2.05) is 35.4 Å². The van der Waals surface area contributed by atoms with Crippen molar-refractivity contribution in [2.75, 3.05) is 13.1 Å². The van der Waals surface area contributed by atoms with Crippen molar-refractivity contribution in [3.63, 3.8) is 0 Å². The molecule has 4 rings (SSSR count). The molecule has 0 radical (unpaired) electrons. The first-order chi connectivity index (χ1) is 14.1. The van der Waals surface area contributed by atoms with Crippen LogP contribution in [0.4, 0.5) is 4.39 Å². The van der Waals surface area contributed by atoms with Gasteiger partial charge in [-0.1, -0.05) is 6.07 Å². The lowest BCUT2D eigenvalue weighted by Crippen LogP contribution is -2.35. The quantitative estimate of drug-likeness (QED) is 0.561. The van der Waals surface area contributed by atoms with Crippen LogP contribution < -0.4 is 4.74 Å². The summed E-state index contributed by atoms with van der Waals surface area (Å²) in [4.78, 5) is 18.9. The fourth-order valence-corrected chi connectivity index (χ4v) is 4.15. The standard InChI is InChI=1S/C23H23FN2O2S/c1-16-11-17(23(27)26-9-3-2-4-10-26)5-6-18(16)13-28-22-8-7-19(24)12-20(22)21-14-29-15-25-21/h5-8,11-12,14-15H,2-4,9-10,13H2,1H3. The summed E-state index contributed by atoms with van der Waals surface area (Å²) in [7, 11) is 0. The van der Waals surface area contributed by atoms with Crippen molar-refractivity contribution in [3.8, 4) is 17.0 Å². The third-order valence-corrected chi connectivity index (χ3v) is 5.85. The summed E-state index contributed by atoms with van der Waals surface area (Å²) in [5.41, 5.74) is 5.77. The molecule has 0 unspecified atom stereocenters. The van der Waals surface area contributed by atoms with E-state index in [1.165, 1.54) is 29.9 Å². The first-order valence-corrected chi connectivity index (χ1v) is 10.8. The zero-order valence-electron chi connectivity index (χ0n) is 16.4. The molecule has 1 fully saturated rings. The number of benzene rings is 2. The molecular weight excluding hydrogens is 387 g/mol. The molecule has 1 aliphatic heterocycles. The summed E-state index contributed by atoms with van der Waals surface area (Å²) in [5, 5.41) is 1.87. The van der Waals surface area contributed by atoms with Gasteiger partial charge in [0.25, 0.3) is 5.91 Å². The molecule has 0 aliphatic carbocycles. The topological polar surface area (TPSA) is 42.4 Å². The van der Waals surface area contributed by atoms with Crippen molar-refractivity contribution in [2.45, 2.75) is 32.8 Å². The van der Waals surface area contributed by atoms with Crippen LogP contribution in [0.25, 0.3) is 11.3 Å². The molecule has 0 bridgehead atoms. The van der Waals surface area contributed by atoms with Gasteiger partial charge in [-0.2, -0.15) is 0 Å². The van der Waals surface area contributed by atoms with Crippen molar-refractivity contribution in [1.29, 1.82) is 0 Å². The number of rotatable bonds is 5. The number of hydrogen-bond donors (Lipinski definition) is 0. The van der Waals surface area contributed by atoms with Crippen LogP contribution in [-0.4, -0.2) is 28.9 Å². The van der Waals surface area contributed by atoms with Gasteiger partial charge in [0.2, 0.25) is 0 Å². The van der Waals surface area contributed by atoms with Gasteiger partial charge in [-0.05, 0) is 67.6 Å². The predicted molar refractivity (Wildman–Crippen MR) is 113 cm³/mol. The molecule has 1 saturated heterocycles. The highest BCUT2D eigenvalue weighted by Crippen LogP contribution is 2.31. The van der Waals surface area contributed by atoms with Crippen molar-refractivity contribution in [1.82, 2.24) is 9.88 Å². The average molecular weight is 411 g/mol. The van der Waals surface area contributed by atoms with Gasteiger partial charge in [0, 0.05) is 29.6 Å². The maximum atomic E-state index is 13.7. The van der Waals surface area contributed by atoms with E-state index in [9.17, 15) is 9.18 Å². The Morgan fingerprint density at radius 3 is 2.72 bits per heavy atom. The molecule has 1 aliphatic rings. The van der Waals surface area contributed by atoms with E-state index in [2.05, 4.69) is 4.98 Å². The first-order valence-electron chi connectivity index (χ1n) is 9.81. The van der Waals surface area contributed by atoms with Crippen LogP contribution >= 0.6 is 11.3 Å². The molecule has 1 aromatic heterocycles. The number of amides is 1. The van der Waals surface area contributed by atoms with Gasteiger partial charge in [0.15, 0.2) is 0 Å². The molecule has 0 saturated carbocycles. The van der Waals surface area contributed by atoms with E-state index in [0.29, 0.717) is 23.6 Å². The van der Waals surface area contributed by atoms with E-state index in [1.54, 1.807) is 11.6 Å². The first kappa shape index (κ1) is 19.6. The maximum absolute atomic E-state index is 13.7. The van der Waals surface area contributed by atoms with Crippen LogP contribution in [0.1, 0.15) is 40.7 Å². The minimum absolute atomic E-state index is 0.102. The number of hydrogen-bond acceptors (Lipinski definition) is 4. The molecule has 4 nitrogen and oxygen atoms in total. The number of nitrogens with zero attached hydrogens (tertiary/aromatic N) is 2. The number of halogens is 1. The molecular formula is C23H23FN2O2S. The van der Waals surface area contributed by atoms with Gasteiger partial charge in [-0.15, -0.1) is 11.3 Å². The molecule has 6 heteroatoms. The highest BCUT2D eigenvalue weighted by molar-refractivity contribution is 7.07. The smallest absolute Gasteiger partial charge is 0.253 e. The second-order valence-corrected chi connectivity index (χ2v) is 8.02. The Kier molecular flexibility index (Phi) is 5.90. The molecule has 150 valence electrons. The SMILES string of the molecule is Cc1cc(C(=O)N2CCCCC2)ccc1COc1ccc(F)cc1-c1cscn1. The summed E-state index contributed by atoms with van der Waals surface area (Å²) in [6.07, 6.45) is 3.36. The lowest BCUT2D eigenvalue weighted by molar-refractivity contribution is 0.0724. The molecule has 29 heavy (non-hydrogen) atoms. The zero-order chi connectivity index (χ0) is 20.2. The Morgan fingerprint density at radius 1 is 1.17 bits per heavy atom. The van der Waals surface area contributed by atoms with Crippen LogP contribution in [0.5, 0.6) is 5.75 Å². The van der Waals surface area contributed by atoms with E-state index < -0.39 is 0 Å². The van der Waals surface area contributed by atoms with Crippen LogP contribution in [0.3, 0.4) is 0 Å². The van der Waals surface area contributed by atoms with Crippen LogP contribution in [0.2, 0.25) is 0 Å². The second-order valence-electron chi connectivity index (χ2n) is 7.30. The van der Waals surface area contributed by atoms with E-state index in [4.69, 9.17) is 4.74 Å². The summed E-state index contributed by atoms with van der Waals surface area (Å²) < 4.78 is 19.7. The van der Waals surface area contributed by atoms with E-state index >= 15 is 0 Å². The normalized spacial score (nSPS) is 14.1. The molecule has 0 spiro atoms. The summed E-state index contributed by atoms with van der Waals surface area (Å²) in [6, 6.07) is 10.2. The molecule has 1 amide bonds. The van der Waals surface area contributed by atoms with Gasteiger partial charge in [0.05, 0.1) is 11.2 Å². The maximum Gasteiger partial charge on any atom is 0.253 e. The highest BCUT2D eigenvalue weighted by atomic mass is 32.1. The molecule has 2 heterocycles. The molecule has 3 aromatic rings. The Bertz CT molecular complexity index is 998. The summed E-state index contributed by atoms with van der Waals surface area (Å²) in [6.45, 7) is 4.00. The Balaban J connectivity index is 1.49.